The van der Waals surface area contributed by atoms with E-state index in [4.69, 9.17) is 4.74 Å². The van der Waals surface area contributed by atoms with Gasteiger partial charge in [-0.05, 0) is 30.3 Å². The van der Waals surface area contributed by atoms with Gasteiger partial charge in [0.1, 0.15) is 17.2 Å². The molecule has 2 amide bonds. The van der Waals surface area contributed by atoms with Gasteiger partial charge in [-0.25, -0.2) is 0 Å². The lowest BCUT2D eigenvalue weighted by Gasteiger charge is -2.09. The first-order valence-electron chi connectivity index (χ1n) is 8.83. The lowest BCUT2D eigenvalue weighted by molar-refractivity contribution is 0.0957. The zero-order valence-corrected chi connectivity index (χ0v) is 15.5. The highest BCUT2D eigenvalue weighted by Gasteiger charge is 2.11. The number of carbonyl (C=O) groups excluding carboxylic acids is 2. The highest BCUT2D eigenvalue weighted by atomic mass is 16.5. The number of anilines is 1. The molecule has 0 fully saturated rings. The third-order valence-electron chi connectivity index (χ3n) is 4.25. The number of pyridine rings is 1. The van der Waals surface area contributed by atoms with Crippen molar-refractivity contribution >= 4 is 28.4 Å². The Morgan fingerprint density at radius 3 is 2.69 bits per heavy atom. The number of hydrogen-bond acceptors (Lipinski definition) is 5. The van der Waals surface area contributed by atoms with Gasteiger partial charge in [0, 0.05) is 30.3 Å². The van der Waals surface area contributed by atoms with Crippen LogP contribution in [0.3, 0.4) is 0 Å². The molecule has 3 N–H and O–H groups in total. The normalized spacial score (nSPS) is 10.5. The van der Waals surface area contributed by atoms with Crippen LogP contribution in [0.1, 0.15) is 20.8 Å². The summed E-state index contributed by atoms with van der Waals surface area (Å²) in [4.78, 5) is 28.4. The number of para-hydroxylation sites is 1. The van der Waals surface area contributed by atoms with E-state index in [2.05, 4.69) is 25.8 Å². The number of aromatic amines is 1. The molecule has 0 aliphatic rings. The average molecular weight is 387 g/mol. The van der Waals surface area contributed by atoms with Gasteiger partial charge >= 0.3 is 0 Å². The number of H-pyrrole nitrogens is 1. The molecule has 0 saturated carbocycles. The van der Waals surface area contributed by atoms with Crippen molar-refractivity contribution in [3.8, 4) is 11.5 Å². The molecule has 0 spiro atoms. The molecule has 4 rings (SSSR count). The van der Waals surface area contributed by atoms with Crippen molar-refractivity contribution in [2.75, 3.05) is 12.4 Å². The molecule has 2 aromatic carbocycles. The SMILES string of the molecule is CNC(=O)c1cc(Oc2cccc(C(=O)Nc3cccc4cn[nH]c34)c2)ccn1. The van der Waals surface area contributed by atoms with Crippen LogP contribution in [0.5, 0.6) is 11.5 Å². The Kier molecular flexibility index (Phi) is 4.90. The van der Waals surface area contributed by atoms with E-state index in [9.17, 15) is 9.59 Å². The number of hydrogen-bond donors (Lipinski definition) is 3. The molecule has 4 aromatic rings. The highest BCUT2D eigenvalue weighted by molar-refractivity contribution is 6.08. The molecule has 0 bridgehead atoms. The predicted octanol–water partition coefficient (Wildman–Crippen LogP) is 3.36. The van der Waals surface area contributed by atoms with Crippen LogP contribution in [0.15, 0.2) is 67.0 Å². The lowest BCUT2D eigenvalue weighted by atomic mass is 10.2. The number of nitrogens with one attached hydrogen (secondary N) is 3. The monoisotopic (exact) mass is 387 g/mol. The van der Waals surface area contributed by atoms with Crippen molar-refractivity contribution in [3.05, 3.63) is 78.2 Å². The molecule has 144 valence electrons. The quantitative estimate of drug-likeness (QED) is 0.486. The third-order valence-corrected chi connectivity index (χ3v) is 4.25. The Balaban J connectivity index is 1.53. The van der Waals surface area contributed by atoms with Crippen molar-refractivity contribution in [2.24, 2.45) is 0 Å². The molecule has 0 aliphatic carbocycles. The molecule has 2 heterocycles. The zero-order valence-electron chi connectivity index (χ0n) is 15.5. The summed E-state index contributed by atoms with van der Waals surface area (Å²) in [5.74, 6) is 0.319. The third kappa shape index (κ3) is 3.91. The second-order valence-electron chi connectivity index (χ2n) is 6.18. The fraction of sp³-hybridized carbons (Fsp3) is 0.0476. The predicted molar refractivity (Wildman–Crippen MR) is 108 cm³/mol. The van der Waals surface area contributed by atoms with Gasteiger partial charge in [-0.1, -0.05) is 18.2 Å². The fourth-order valence-corrected chi connectivity index (χ4v) is 2.83. The first-order chi connectivity index (χ1) is 14.1. The summed E-state index contributed by atoms with van der Waals surface area (Å²) in [7, 11) is 1.53. The van der Waals surface area contributed by atoms with Gasteiger partial charge in [0.15, 0.2) is 0 Å². The van der Waals surface area contributed by atoms with Crippen LogP contribution in [-0.4, -0.2) is 34.0 Å². The summed E-state index contributed by atoms with van der Waals surface area (Å²) in [5, 5.41) is 13.2. The molecule has 0 saturated heterocycles. The minimum absolute atomic E-state index is 0.242. The van der Waals surface area contributed by atoms with Crippen molar-refractivity contribution < 1.29 is 14.3 Å². The number of rotatable bonds is 5. The number of carbonyl (C=O) groups is 2. The molecular formula is C21H17N5O3. The second kappa shape index (κ2) is 7.81. The topological polar surface area (TPSA) is 109 Å². The number of benzene rings is 2. The van der Waals surface area contributed by atoms with E-state index in [0.29, 0.717) is 22.7 Å². The van der Waals surface area contributed by atoms with Crippen LogP contribution in [0.2, 0.25) is 0 Å². The standard InChI is InChI=1S/C21H17N5O3/c1-22-21(28)18-11-16(8-9-23-18)29-15-6-2-4-13(10-15)20(27)25-17-7-3-5-14-12-24-26-19(14)17/h2-12H,1H3,(H,22,28)(H,24,26)(H,25,27). The summed E-state index contributed by atoms with van der Waals surface area (Å²) < 4.78 is 5.80. The zero-order chi connectivity index (χ0) is 20.2. The van der Waals surface area contributed by atoms with E-state index < -0.39 is 0 Å². The van der Waals surface area contributed by atoms with E-state index in [-0.39, 0.29) is 17.5 Å². The van der Waals surface area contributed by atoms with Crippen molar-refractivity contribution in [2.45, 2.75) is 0 Å². The second-order valence-corrected chi connectivity index (χ2v) is 6.18. The van der Waals surface area contributed by atoms with Gasteiger partial charge in [0.25, 0.3) is 11.8 Å². The van der Waals surface area contributed by atoms with Crippen molar-refractivity contribution in [1.82, 2.24) is 20.5 Å². The van der Waals surface area contributed by atoms with Crippen LogP contribution in [-0.2, 0) is 0 Å². The van der Waals surface area contributed by atoms with E-state index >= 15 is 0 Å². The molecule has 0 atom stereocenters. The summed E-state index contributed by atoms with van der Waals surface area (Å²) in [6.07, 6.45) is 3.18. The Bertz CT molecular complexity index is 1200. The first kappa shape index (κ1) is 18.2. The number of fused-ring (bicyclic) bond motifs is 1. The summed E-state index contributed by atoms with van der Waals surface area (Å²) in [6.45, 7) is 0. The lowest BCUT2D eigenvalue weighted by Crippen LogP contribution is -2.18. The van der Waals surface area contributed by atoms with E-state index in [0.717, 1.165) is 10.9 Å². The van der Waals surface area contributed by atoms with E-state index in [1.54, 1.807) is 42.6 Å². The summed E-state index contributed by atoms with van der Waals surface area (Å²) >= 11 is 0. The van der Waals surface area contributed by atoms with E-state index in [1.807, 2.05) is 12.1 Å². The molecule has 8 nitrogen and oxygen atoms in total. The number of nitrogens with zero attached hydrogens (tertiary/aromatic N) is 2. The van der Waals surface area contributed by atoms with Gasteiger partial charge in [-0.3, -0.25) is 19.7 Å². The minimum Gasteiger partial charge on any atom is -0.457 e. The average Bonchev–Trinajstić information content (AvgIpc) is 3.23. The summed E-state index contributed by atoms with van der Waals surface area (Å²) in [5.41, 5.74) is 2.07. The highest BCUT2D eigenvalue weighted by Crippen LogP contribution is 2.24. The molecule has 0 aliphatic heterocycles. The van der Waals surface area contributed by atoms with Crippen LogP contribution < -0.4 is 15.4 Å². The van der Waals surface area contributed by atoms with Gasteiger partial charge in [-0.2, -0.15) is 5.10 Å². The van der Waals surface area contributed by atoms with Crippen LogP contribution in [0, 0.1) is 0 Å². The van der Waals surface area contributed by atoms with Crippen LogP contribution in [0.4, 0.5) is 5.69 Å². The summed E-state index contributed by atoms with van der Waals surface area (Å²) in [6, 6.07) is 15.5. The van der Waals surface area contributed by atoms with Crippen LogP contribution >= 0.6 is 0 Å². The maximum atomic E-state index is 12.7. The Morgan fingerprint density at radius 2 is 1.83 bits per heavy atom. The number of aromatic nitrogens is 3. The van der Waals surface area contributed by atoms with Crippen molar-refractivity contribution in [3.63, 3.8) is 0 Å². The van der Waals surface area contributed by atoms with Crippen molar-refractivity contribution in [1.29, 1.82) is 0 Å². The molecule has 29 heavy (non-hydrogen) atoms. The minimum atomic E-state index is -0.309. The molecule has 0 unspecified atom stereocenters. The van der Waals surface area contributed by atoms with E-state index in [1.165, 1.54) is 19.3 Å². The maximum Gasteiger partial charge on any atom is 0.269 e. The Labute approximate surface area is 165 Å². The molecular weight excluding hydrogens is 370 g/mol. The first-order valence-corrected chi connectivity index (χ1v) is 8.83. The maximum absolute atomic E-state index is 12.7. The Hall–Kier alpha value is -4.20. The molecule has 8 heteroatoms. The molecule has 0 radical (unpaired) electrons. The van der Waals surface area contributed by atoms with Gasteiger partial charge < -0.3 is 15.4 Å². The van der Waals surface area contributed by atoms with Gasteiger partial charge in [0.05, 0.1) is 17.4 Å². The number of amides is 2. The van der Waals surface area contributed by atoms with Gasteiger partial charge in [0.2, 0.25) is 0 Å². The largest absolute Gasteiger partial charge is 0.457 e. The van der Waals surface area contributed by atoms with Gasteiger partial charge in [-0.15, -0.1) is 0 Å². The number of ether oxygens (including phenoxy) is 1. The fourth-order valence-electron chi connectivity index (χ4n) is 2.83. The van der Waals surface area contributed by atoms with Crippen LogP contribution in [0.25, 0.3) is 10.9 Å². The Morgan fingerprint density at radius 1 is 1.00 bits per heavy atom. The molecule has 2 aromatic heterocycles. The smallest absolute Gasteiger partial charge is 0.269 e.